The zero-order valence-corrected chi connectivity index (χ0v) is 8.88. The minimum absolute atomic E-state index is 0.709. The summed E-state index contributed by atoms with van der Waals surface area (Å²) in [5, 5.41) is 5.89. The highest BCUT2D eigenvalue weighted by Crippen LogP contribution is 2.26. The molecule has 0 fully saturated rings. The van der Waals surface area contributed by atoms with Crippen LogP contribution in [0.2, 0.25) is 0 Å². The summed E-state index contributed by atoms with van der Waals surface area (Å²) in [4.78, 5) is 4.96. The minimum Gasteiger partial charge on any atom is -0.397 e. The van der Waals surface area contributed by atoms with Crippen LogP contribution in [-0.4, -0.2) is 14.6 Å². The average Bonchev–Trinajstić information content (AvgIpc) is 2.69. The largest absolute Gasteiger partial charge is 0.397 e. The van der Waals surface area contributed by atoms with Crippen molar-refractivity contribution >= 4 is 29.0 Å². The molecule has 72 valence electrons. The highest BCUT2D eigenvalue weighted by molar-refractivity contribution is 7.98. The fraction of sp³-hybridized carbons (Fsp3) is 0.125. The number of aromatic nitrogens is 3. The van der Waals surface area contributed by atoms with Crippen LogP contribution in [0, 0.1) is 0 Å². The number of anilines is 1. The van der Waals surface area contributed by atoms with Gasteiger partial charge < -0.3 is 5.73 Å². The lowest BCUT2D eigenvalue weighted by Gasteiger charge is -2.01. The molecular weight excluding hydrogens is 216 g/mol. The molecule has 0 aliphatic rings. The number of thioether (sulfide) groups is 1. The summed E-state index contributed by atoms with van der Waals surface area (Å²) in [6.07, 6.45) is 3.39. The van der Waals surface area contributed by atoms with Gasteiger partial charge in [0, 0.05) is 22.2 Å². The number of rotatable bonds is 3. The Morgan fingerprint density at radius 3 is 3.14 bits per heavy atom. The second-order valence-corrected chi connectivity index (χ2v) is 4.23. The predicted molar refractivity (Wildman–Crippen MR) is 58.1 cm³/mol. The fourth-order valence-electron chi connectivity index (χ4n) is 0.924. The van der Waals surface area contributed by atoms with Gasteiger partial charge in [-0.15, -0.1) is 16.9 Å². The first kappa shape index (κ1) is 9.42. The third-order valence-corrected chi connectivity index (χ3v) is 3.27. The van der Waals surface area contributed by atoms with E-state index in [1.807, 2.05) is 11.4 Å². The third-order valence-electron chi connectivity index (χ3n) is 1.59. The fourth-order valence-corrected chi connectivity index (χ4v) is 2.30. The maximum Gasteiger partial charge on any atom is 0.0857 e. The average molecular weight is 224 g/mol. The first-order valence-corrected chi connectivity index (χ1v) is 5.76. The van der Waals surface area contributed by atoms with E-state index < -0.39 is 0 Å². The van der Waals surface area contributed by atoms with Crippen molar-refractivity contribution in [1.82, 2.24) is 14.6 Å². The number of hydrogen-bond acceptors (Lipinski definition) is 6. The maximum atomic E-state index is 5.74. The minimum atomic E-state index is 0.709. The molecule has 0 spiro atoms. The van der Waals surface area contributed by atoms with Crippen LogP contribution in [0.25, 0.3) is 0 Å². The van der Waals surface area contributed by atoms with Gasteiger partial charge in [-0.3, -0.25) is 4.98 Å². The van der Waals surface area contributed by atoms with Crippen LogP contribution in [0.1, 0.15) is 5.69 Å². The van der Waals surface area contributed by atoms with Gasteiger partial charge in [-0.05, 0) is 17.6 Å². The maximum absolute atomic E-state index is 5.74. The Hall–Kier alpha value is -1.14. The molecule has 0 saturated heterocycles. The van der Waals surface area contributed by atoms with E-state index in [-0.39, 0.29) is 0 Å². The van der Waals surface area contributed by atoms with E-state index >= 15 is 0 Å². The van der Waals surface area contributed by atoms with Gasteiger partial charge in [0.05, 0.1) is 17.6 Å². The topological polar surface area (TPSA) is 64.7 Å². The zero-order chi connectivity index (χ0) is 9.80. The van der Waals surface area contributed by atoms with Crippen LogP contribution in [0.15, 0.2) is 28.7 Å². The molecule has 2 aromatic rings. The molecule has 0 saturated carbocycles. The molecule has 0 aromatic carbocycles. The van der Waals surface area contributed by atoms with E-state index in [0.29, 0.717) is 5.69 Å². The van der Waals surface area contributed by atoms with E-state index in [4.69, 9.17) is 5.73 Å². The summed E-state index contributed by atoms with van der Waals surface area (Å²) in [6, 6.07) is 1.90. The van der Waals surface area contributed by atoms with Gasteiger partial charge in [0.25, 0.3) is 0 Å². The number of nitrogens with zero attached hydrogens (tertiary/aromatic N) is 3. The highest BCUT2D eigenvalue weighted by Gasteiger charge is 2.01. The molecule has 0 unspecified atom stereocenters. The molecule has 14 heavy (non-hydrogen) atoms. The summed E-state index contributed by atoms with van der Waals surface area (Å²) in [5.74, 6) is 0.796. The molecule has 2 aromatic heterocycles. The number of hydrogen-bond donors (Lipinski definition) is 1. The van der Waals surface area contributed by atoms with Crippen LogP contribution in [0.4, 0.5) is 5.69 Å². The lowest BCUT2D eigenvalue weighted by Crippen LogP contribution is -1.89. The van der Waals surface area contributed by atoms with Crippen LogP contribution in [0.5, 0.6) is 0 Å². The van der Waals surface area contributed by atoms with Crippen molar-refractivity contribution in [2.75, 3.05) is 5.73 Å². The van der Waals surface area contributed by atoms with Crippen LogP contribution in [0.3, 0.4) is 0 Å². The van der Waals surface area contributed by atoms with Crippen molar-refractivity contribution in [1.29, 1.82) is 0 Å². The molecular formula is C8H8N4S2. The van der Waals surface area contributed by atoms with Crippen molar-refractivity contribution < 1.29 is 0 Å². The number of pyridine rings is 1. The smallest absolute Gasteiger partial charge is 0.0857 e. The van der Waals surface area contributed by atoms with Gasteiger partial charge >= 0.3 is 0 Å². The van der Waals surface area contributed by atoms with Crippen molar-refractivity contribution in [3.8, 4) is 0 Å². The molecule has 2 N–H and O–H groups in total. The molecule has 0 aliphatic heterocycles. The summed E-state index contributed by atoms with van der Waals surface area (Å²) in [7, 11) is 0. The van der Waals surface area contributed by atoms with Gasteiger partial charge in [0.15, 0.2) is 0 Å². The molecule has 0 radical (unpaired) electrons. The molecule has 4 nitrogen and oxygen atoms in total. The molecule has 2 heterocycles. The van der Waals surface area contributed by atoms with Crippen molar-refractivity contribution in [2.24, 2.45) is 0 Å². The van der Waals surface area contributed by atoms with Gasteiger partial charge in [0.2, 0.25) is 0 Å². The predicted octanol–water partition coefficient (Wildman–Crippen LogP) is 1.81. The highest BCUT2D eigenvalue weighted by atomic mass is 32.2. The molecule has 6 heteroatoms. The number of nitrogen functional groups attached to an aromatic ring is 1. The first-order chi connectivity index (χ1) is 6.86. The van der Waals surface area contributed by atoms with Crippen LogP contribution < -0.4 is 5.73 Å². The Bertz CT molecular complexity index is 401. The van der Waals surface area contributed by atoms with Crippen molar-refractivity contribution in [3.63, 3.8) is 0 Å². The Labute approximate surface area is 89.7 Å². The molecule has 0 bridgehead atoms. The van der Waals surface area contributed by atoms with Crippen LogP contribution in [-0.2, 0) is 5.75 Å². The van der Waals surface area contributed by atoms with E-state index in [9.17, 15) is 0 Å². The monoisotopic (exact) mass is 224 g/mol. The summed E-state index contributed by atoms with van der Waals surface area (Å²) in [5.41, 5.74) is 7.43. The summed E-state index contributed by atoms with van der Waals surface area (Å²) in [6.45, 7) is 0. The van der Waals surface area contributed by atoms with Gasteiger partial charge in [-0.25, -0.2) is 0 Å². The Morgan fingerprint density at radius 1 is 1.50 bits per heavy atom. The Kier molecular flexibility index (Phi) is 2.95. The first-order valence-electron chi connectivity index (χ1n) is 3.94. The number of nitrogens with two attached hydrogens (primary N) is 1. The quantitative estimate of drug-likeness (QED) is 0.805. The molecule has 0 amide bonds. The zero-order valence-electron chi connectivity index (χ0n) is 7.25. The standard InChI is InChI=1S/C8H8N4S2/c9-7-3-10-2-1-8(7)13-4-6-5-14-12-11-6/h1-3,5H,4,9H2. The second-order valence-electron chi connectivity index (χ2n) is 2.60. The van der Waals surface area contributed by atoms with E-state index in [0.717, 1.165) is 16.3 Å². The van der Waals surface area contributed by atoms with Crippen molar-refractivity contribution in [3.05, 3.63) is 29.5 Å². The van der Waals surface area contributed by atoms with Crippen molar-refractivity contribution in [2.45, 2.75) is 10.6 Å². The van der Waals surface area contributed by atoms with E-state index in [1.54, 1.807) is 24.2 Å². The van der Waals surface area contributed by atoms with Gasteiger partial charge in [-0.1, -0.05) is 4.49 Å². The molecule has 0 aliphatic carbocycles. The van der Waals surface area contributed by atoms with Crippen LogP contribution >= 0.6 is 23.3 Å². The Morgan fingerprint density at radius 2 is 2.43 bits per heavy atom. The molecule has 2 rings (SSSR count). The lowest BCUT2D eigenvalue weighted by atomic mass is 10.4. The lowest BCUT2D eigenvalue weighted by molar-refractivity contribution is 1.07. The van der Waals surface area contributed by atoms with Gasteiger partial charge in [0.1, 0.15) is 0 Å². The summed E-state index contributed by atoms with van der Waals surface area (Å²) >= 11 is 3.00. The summed E-state index contributed by atoms with van der Waals surface area (Å²) < 4.78 is 3.79. The van der Waals surface area contributed by atoms with Gasteiger partial charge in [-0.2, -0.15) is 0 Å². The normalized spacial score (nSPS) is 10.3. The molecule has 0 atom stereocenters. The van der Waals surface area contributed by atoms with E-state index in [1.165, 1.54) is 11.5 Å². The Balaban J connectivity index is 2.02. The SMILES string of the molecule is Nc1cnccc1SCc1csnn1. The third kappa shape index (κ3) is 2.21. The second kappa shape index (κ2) is 4.39. The van der Waals surface area contributed by atoms with E-state index in [2.05, 4.69) is 14.6 Å².